The van der Waals surface area contributed by atoms with E-state index in [2.05, 4.69) is 13.0 Å². The normalized spacial score (nSPS) is 10.8. The predicted molar refractivity (Wildman–Crippen MR) is 106 cm³/mol. The second-order valence-electron chi connectivity index (χ2n) is 5.82. The molecule has 140 valence electrons. The van der Waals surface area contributed by atoms with Crippen molar-refractivity contribution in [2.75, 3.05) is 20.8 Å². The summed E-state index contributed by atoms with van der Waals surface area (Å²) in [5.74, 6) is 3.18. The smallest absolute Gasteiger partial charge is 0.204 e. The zero-order valence-corrected chi connectivity index (χ0v) is 16.3. The Morgan fingerprint density at radius 1 is 0.885 bits per heavy atom. The molecule has 0 fully saturated rings. The molecule has 2 aromatic rings. The van der Waals surface area contributed by atoms with E-state index in [4.69, 9.17) is 18.9 Å². The van der Waals surface area contributed by atoms with Gasteiger partial charge < -0.3 is 18.9 Å². The first-order valence-corrected chi connectivity index (χ1v) is 8.99. The number of rotatable bonds is 9. The lowest BCUT2D eigenvalue weighted by Gasteiger charge is -2.17. The van der Waals surface area contributed by atoms with Crippen molar-refractivity contribution < 1.29 is 18.9 Å². The summed E-state index contributed by atoms with van der Waals surface area (Å²) >= 11 is 0. The number of hydrogen-bond donors (Lipinski definition) is 0. The Bertz CT molecular complexity index is 750. The highest BCUT2D eigenvalue weighted by molar-refractivity contribution is 5.63. The second-order valence-corrected chi connectivity index (χ2v) is 5.82. The molecule has 0 amide bonds. The van der Waals surface area contributed by atoms with Crippen molar-refractivity contribution in [3.05, 3.63) is 47.5 Å². The van der Waals surface area contributed by atoms with Crippen LogP contribution in [0.3, 0.4) is 0 Å². The maximum atomic E-state index is 6.24. The third kappa shape index (κ3) is 4.72. The molecule has 0 radical (unpaired) electrons. The van der Waals surface area contributed by atoms with E-state index in [1.807, 2.05) is 50.3 Å². The molecule has 0 aliphatic heterocycles. The van der Waals surface area contributed by atoms with E-state index in [9.17, 15) is 0 Å². The van der Waals surface area contributed by atoms with Gasteiger partial charge in [0.05, 0.1) is 20.8 Å². The van der Waals surface area contributed by atoms with Crippen molar-refractivity contribution >= 4 is 6.08 Å². The Morgan fingerprint density at radius 3 is 2.23 bits per heavy atom. The van der Waals surface area contributed by atoms with Crippen LogP contribution >= 0.6 is 0 Å². The standard InChI is InChI=1S/C22H28O4/c1-6-9-16-11-12-18(23-4)19(13-16)26-21-15-17(10-7-2)14-20(24-5)22(21)25-8-3/h7,10-15H,6,8-9H2,1-5H3/b10-7+. The maximum Gasteiger partial charge on any atom is 0.204 e. The summed E-state index contributed by atoms with van der Waals surface area (Å²) in [5.41, 5.74) is 2.18. The van der Waals surface area contributed by atoms with Gasteiger partial charge in [-0.3, -0.25) is 0 Å². The quantitative estimate of drug-likeness (QED) is 0.562. The van der Waals surface area contributed by atoms with E-state index in [1.165, 1.54) is 5.56 Å². The average molecular weight is 356 g/mol. The van der Waals surface area contributed by atoms with Crippen LogP contribution in [0.5, 0.6) is 28.7 Å². The molecule has 2 aromatic carbocycles. The molecule has 2 rings (SSSR count). The number of ether oxygens (including phenoxy) is 4. The highest BCUT2D eigenvalue weighted by atomic mass is 16.5. The number of aryl methyl sites for hydroxylation is 1. The second kappa shape index (κ2) is 9.76. The van der Waals surface area contributed by atoms with Crippen LogP contribution in [0.1, 0.15) is 38.3 Å². The van der Waals surface area contributed by atoms with Gasteiger partial charge in [0.2, 0.25) is 5.75 Å². The number of allylic oxidation sites excluding steroid dienone is 1. The Morgan fingerprint density at radius 2 is 1.62 bits per heavy atom. The summed E-state index contributed by atoms with van der Waals surface area (Å²) in [4.78, 5) is 0. The van der Waals surface area contributed by atoms with Crippen molar-refractivity contribution in [3.8, 4) is 28.7 Å². The van der Waals surface area contributed by atoms with Crippen molar-refractivity contribution in [3.63, 3.8) is 0 Å². The summed E-state index contributed by atoms with van der Waals surface area (Å²) in [7, 11) is 3.27. The van der Waals surface area contributed by atoms with E-state index in [0.29, 0.717) is 35.4 Å². The van der Waals surface area contributed by atoms with Gasteiger partial charge in [-0.25, -0.2) is 0 Å². The highest BCUT2D eigenvalue weighted by Gasteiger charge is 2.17. The van der Waals surface area contributed by atoms with E-state index >= 15 is 0 Å². The van der Waals surface area contributed by atoms with Gasteiger partial charge in [0.1, 0.15) is 0 Å². The molecule has 4 nitrogen and oxygen atoms in total. The summed E-state index contributed by atoms with van der Waals surface area (Å²) in [6.45, 7) is 6.58. The van der Waals surface area contributed by atoms with Crippen LogP contribution < -0.4 is 18.9 Å². The van der Waals surface area contributed by atoms with E-state index in [-0.39, 0.29) is 0 Å². The third-order valence-electron chi connectivity index (χ3n) is 3.90. The lowest BCUT2D eigenvalue weighted by Crippen LogP contribution is -2.00. The summed E-state index contributed by atoms with van der Waals surface area (Å²) in [6.07, 6.45) is 6.03. The van der Waals surface area contributed by atoms with Crippen molar-refractivity contribution in [2.24, 2.45) is 0 Å². The van der Waals surface area contributed by atoms with Gasteiger partial charge in [-0.15, -0.1) is 0 Å². The molecule has 0 saturated heterocycles. The topological polar surface area (TPSA) is 36.9 Å². The molecule has 0 aliphatic rings. The zero-order chi connectivity index (χ0) is 18.9. The highest BCUT2D eigenvalue weighted by Crippen LogP contribution is 2.43. The summed E-state index contributed by atoms with van der Waals surface area (Å²) in [5, 5.41) is 0. The Kier molecular flexibility index (Phi) is 7.39. The molecule has 0 spiro atoms. The Balaban J connectivity index is 2.53. The average Bonchev–Trinajstić information content (AvgIpc) is 2.64. The zero-order valence-electron chi connectivity index (χ0n) is 16.3. The van der Waals surface area contributed by atoms with E-state index < -0.39 is 0 Å². The molecule has 0 aliphatic carbocycles. The van der Waals surface area contributed by atoms with Crippen LogP contribution in [0.15, 0.2) is 36.4 Å². The molecule has 4 heteroatoms. The van der Waals surface area contributed by atoms with Crippen molar-refractivity contribution in [1.29, 1.82) is 0 Å². The van der Waals surface area contributed by atoms with Gasteiger partial charge in [0.15, 0.2) is 23.0 Å². The van der Waals surface area contributed by atoms with E-state index in [1.54, 1.807) is 14.2 Å². The fourth-order valence-electron chi connectivity index (χ4n) is 2.76. The van der Waals surface area contributed by atoms with Crippen LogP contribution in [0.4, 0.5) is 0 Å². The molecule has 0 saturated carbocycles. The fourth-order valence-corrected chi connectivity index (χ4v) is 2.76. The van der Waals surface area contributed by atoms with Crippen LogP contribution in [0.25, 0.3) is 6.08 Å². The van der Waals surface area contributed by atoms with Crippen molar-refractivity contribution in [1.82, 2.24) is 0 Å². The Hall–Kier alpha value is -2.62. The van der Waals surface area contributed by atoms with Gasteiger partial charge in [-0.2, -0.15) is 0 Å². The minimum atomic E-state index is 0.517. The van der Waals surface area contributed by atoms with Crippen LogP contribution in [-0.2, 0) is 6.42 Å². The van der Waals surface area contributed by atoms with Crippen LogP contribution in [-0.4, -0.2) is 20.8 Å². The van der Waals surface area contributed by atoms with Gasteiger partial charge in [-0.05, 0) is 55.7 Å². The van der Waals surface area contributed by atoms with Gasteiger partial charge in [0.25, 0.3) is 0 Å². The molecule has 0 aromatic heterocycles. The van der Waals surface area contributed by atoms with Gasteiger partial charge in [-0.1, -0.05) is 31.6 Å². The van der Waals surface area contributed by atoms with Gasteiger partial charge in [0, 0.05) is 0 Å². The maximum absolute atomic E-state index is 6.24. The fraction of sp³-hybridized carbons (Fsp3) is 0.364. The molecular formula is C22H28O4. The van der Waals surface area contributed by atoms with E-state index in [0.717, 1.165) is 18.4 Å². The monoisotopic (exact) mass is 356 g/mol. The molecule has 0 heterocycles. The molecule has 0 unspecified atom stereocenters. The minimum absolute atomic E-state index is 0.517. The SMILES string of the molecule is C/C=C/c1cc(OC)c(OCC)c(Oc2cc(CCC)ccc2OC)c1. The van der Waals surface area contributed by atoms with Crippen LogP contribution in [0, 0.1) is 0 Å². The van der Waals surface area contributed by atoms with Crippen molar-refractivity contribution in [2.45, 2.75) is 33.6 Å². The van der Waals surface area contributed by atoms with Crippen LogP contribution in [0.2, 0.25) is 0 Å². The largest absolute Gasteiger partial charge is 0.493 e. The predicted octanol–water partition coefficient (Wildman–Crippen LogP) is 5.88. The lowest BCUT2D eigenvalue weighted by atomic mass is 10.1. The first-order chi connectivity index (χ1) is 12.7. The Labute approximate surface area is 156 Å². The summed E-state index contributed by atoms with van der Waals surface area (Å²) < 4.78 is 23.0. The minimum Gasteiger partial charge on any atom is -0.493 e. The molecule has 0 atom stereocenters. The number of hydrogen-bond acceptors (Lipinski definition) is 4. The summed E-state index contributed by atoms with van der Waals surface area (Å²) in [6, 6.07) is 9.90. The molecular weight excluding hydrogens is 328 g/mol. The third-order valence-corrected chi connectivity index (χ3v) is 3.90. The number of methoxy groups -OCH3 is 2. The first kappa shape index (κ1) is 19.7. The first-order valence-electron chi connectivity index (χ1n) is 8.99. The number of benzene rings is 2. The molecule has 0 N–H and O–H groups in total. The molecule has 26 heavy (non-hydrogen) atoms. The molecule has 0 bridgehead atoms. The van der Waals surface area contributed by atoms with Gasteiger partial charge >= 0.3 is 0 Å². The lowest BCUT2D eigenvalue weighted by molar-refractivity contribution is 0.293.